The minimum Gasteiger partial charge on any atom is -0.306 e. The number of likely N-dealkylation sites (tertiary alicyclic amines) is 1. The maximum atomic E-state index is 4.40. The van der Waals surface area contributed by atoms with Gasteiger partial charge in [0.05, 0.1) is 5.69 Å². The minimum absolute atomic E-state index is 0.565. The van der Waals surface area contributed by atoms with Gasteiger partial charge in [0.1, 0.15) is 4.60 Å². The molecule has 0 N–H and O–H groups in total. The summed E-state index contributed by atoms with van der Waals surface area (Å²) < 4.78 is 2.87. The van der Waals surface area contributed by atoms with E-state index in [9.17, 15) is 0 Å². The molecule has 0 saturated carbocycles. The Morgan fingerprint density at radius 1 is 1.47 bits per heavy atom. The van der Waals surface area contributed by atoms with E-state index in [0.29, 0.717) is 5.92 Å². The summed E-state index contributed by atoms with van der Waals surface area (Å²) >= 11 is 3.49. The average molecular weight is 298 g/mol. The Labute approximate surface area is 112 Å². The van der Waals surface area contributed by atoms with Crippen LogP contribution in [-0.2, 0) is 7.05 Å². The molecule has 1 aromatic rings. The third kappa shape index (κ3) is 2.47. The molecule has 1 saturated heterocycles. The molecule has 1 aromatic heterocycles. The molecule has 0 aromatic carbocycles. The number of hydrogen-bond acceptors (Lipinski definition) is 2. The SMILES string of the molecule is C=C(c1c(C)c(Br)nn1C)C1CCCN(C)C1. The Kier molecular flexibility index (Phi) is 3.73. The predicted octanol–water partition coefficient (Wildman–Crippen LogP) is 2.85. The summed E-state index contributed by atoms with van der Waals surface area (Å²) in [5.74, 6) is 0.565. The Morgan fingerprint density at radius 2 is 2.18 bits per heavy atom. The van der Waals surface area contributed by atoms with Gasteiger partial charge in [-0.15, -0.1) is 0 Å². The van der Waals surface area contributed by atoms with Crippen LogP contribution in [0.4, 0.5) is 0 Å². The fourth-order valence-electron chi connectivity index (χ4n) is 2.69. The summed E-state index contributed by atoms with van der Waals surface area (Å²) in [5, 5.41) is 4.40. The van der Waals surface area contributed by atoms with Gasteiger partial charge in [-0.2, -0.15) is 5.10 Å². The van der Waals surface area contributed by atoms with Crippen molar-refractivity contribution in [3.05, 3.63) is 22.4 Å². The van der Waals surface area contributed by atoms with Gasteiger partial charge < -0.3 is 4.90 Å². The first-order valence-electron chi connectivity index (χ1n) is 6.07. The van der Waals surface area contributed by atoms with Crippen molar-refractivity contribution in [2.75, 3.05) is 20.1 Å². The Morgan fingerprint density at radius 3 is 2.71 bits per heavy atom. The van der Waals surface area contributed by atoms with Crippen molar-refractivity contribution in [3.63, 3.8) is 0 Å². The van der Waals surface area contributed by atoms with Crippen LogP contribution in [0.3, 0.4) is 0 Å². The highest BCUT2D eigenvalue weighted by molar-refractivity contribution is 9.10. The molecule has 17 heavy (non-hydrogen) atoms. The van der Waals surface area contributed by atoms with Crippen molar-refractivity contribution in [2.45, 2.75) is 19.8 Å². The number of halogens is 1. The van der Waals surface area contributed by atoms with Crippen LogP contribution < -0.4 is 0 Å². The number of rotatable bonds is 2. The highest BCUT2D eigenvalue weighted by Gasteiger charge is 2.24. The molecule has 1 unspecified atom stereocenters. The molecule has 0 spiro atoms. The Hall–Kier alpha value is -0.610. The van der Waals surface area contributed by atoms with E-state index in [1.165, 1.54) is 36.2 Å². The summed E-state index contributed by atoms with van der Waals surface area (Å²) in [4.78, 5) is 2.39. The smallest absolute Gasteiger partial charge is 0.131 e. The Balaban J connectivity index is 2.24. The van der Waals surface area contributed by atoms with E-state index in [-0.39, 0.29) is 0 Å². The molecular weight excluding hydrogens is 278 g/mol. The first kappa shape index (κ1) is 12.8. The summed E-state index contributed by atoms with van der Waals surface area (Å²) in [7, 11) is 4.18. The summed E-state index contributed by atoms with van der Waals surface area (Å²) in [6.07, 6.45) is 2.50. The largest absolute Gasteiger partial charge is 0.306 e. The lowest BCUT2D eigenvalue weighted by Gasteiger charge is -2.31. The van der Waals surface area contributed by atoms with Gasteiger partial charge in [-0.05, 0) is 60.8 Å². The van der Waals surface area contributed by atoms with Crippen LogP contribution in [0.25, 0.3) is 5.57 Å². The second kappa shape index (κ2) is 4.94. The number of piperidine rings is 1. The number of hydrogen-bond donors (Lipinski definition) is 0. The average Bonchev–Trinajstić information content (AvgIpc) is 2.52. The van der Waals surface area contributed by atoms with Gasteiger partial charge in [0.25, 0.3) is 0 Å². The lowest BCUT2D eigenvalue weighted by molar-refractivity contribution is 0.242. The van der Waals surface area contributed by atoms with Gasteiger partial charge in [-0.25, -0.2) is 0 Å². The molecule has 1 fully saturated rings. The molecule has 0 amide bonds. The monoisotopic (exact) mass is 297 g/mol. The zero-order chi connectivity index (χ0) is 12.6. The van der Waals surface area contributed by atoms with Crippen molar-refractivity contribution in [1.82, 2.24) is 14.7 Å². The molecule has 0 bridgehead atoms. The molecular formula is C13H20BrN3. The van der Waals surface area contributed by atoms with E-state index < -0.39 is 0 Å². The van der Waals surface area contributed by atoms with E-state index >= 15 is 0 Å². The summed E-state index contributed by atoms with van der Waals surface area (Å²) in [5.41, 5.74) is 3.62. The van der Waals surface area contributed by atoms with Crippen LogP contribution in [0.2, 0.25) is 0 Å². The van der Waals surface area contributed by atoms with Gasteiger partial charge in [-0.3, -0.25) is 4.68 Å². The second-order valence-corrected chi connectivity index (χ2v) is 5.77. The molecule has 1 aliphatic rings. The molecule has 0 radical (unpaired) electrons. The van der Waals surface area contributed by atoms with Gasteiger partial charge in [0.2, 0.25) is 0 Å². The lowest BCUT2D eigenvalue weighted by atomic mass is 9.88. The second-order valence-electron chi connectivity index (χ2n) is 5.01. The quantitative estimate of drug-likeness (QED) is 0.837. The van der Waals surface area contributed by atoms with Crippen molar-refractivity contribution in [1.29, 1.82) is 0 Å². The topological polar surface area (TPSA) is 21.1 Å². The van der Waals surface area contributed by atoms with E-state index in [0.717, 1.165) is 11.1 Å². The van der Waals surface area contributed by atoms with E-state index in [1.807, 2.05) is 11.7 Å². The first-order valence-corrected chi connectivity index (χ1v) is 6.86. The lowest BCUT2D eigenvalue weighted by Crippen LogP contribution is -2.32. The highest BCUT2D eigenvalue weighted by Crippen LogP contribution is 2.32. The van der Waals surface area contributed by atoms with Crippen molar-refractivity contribution in [3.8, 4) is 0 Å². The predicted molar refractivity (Wildman–Crippen MR) is 74.9 cm³/mol. The number of aromatic nitrogens is 2. The van der Waals surface area contributed by atoms with E-state index in [2.05, 4.69) is 46.5 Å². The third-order valence-electron chi connectivity index (χ3n) is 3.65. The summed E-state index contributed by atoms with van der Waals surface area (Å²) in [6.45, 7) is 8.73. The number of aryl methyl sites for hydroxylation is 1. The number of nitrogens with zero attached hydrogens (tertiary/aromatic N) is 3. The van der Waals surface area contributed by atoms with Crippen LogP contribution in [-0.4, -0.2) is 34.8 Å². The zero-order valence-corrected chi connectivity index (χ0v) is 12.4. The van der Waals surface area contributed by atoms with Crippen LogP contribution in [0.15, 0.2) is 11.2 Å². The molecule has 4 heteroatoms. The van der Waals surface area contributed by atoms with Gasteiger partial charge >= 0.3 is 0 Å². The van der Waals surface area contributed by atoms with Crippen molar-refractivity contribution < 1.29 is 0 Å². The fourth-order valence-corrected chi connectivity index (χ4v) is 3.12. The molecule has 2 rings (SSSR count). The van der Waals surface area contributed by atoms with Gasteiger partial charge in [0, 0.05) is 19.2 Å². The maximum absolute atomic E-state index is 4.40. The standard InChI is InChI=1S/C13H20BrN3/c1-9(11-6-5-7-16(3)8-11)12-10(2)13(14)15-17(12)4/h11H,1,5-8H2,2-4H3. The van der Waals surface area contributed by atoms with Crippen LogP contribution in [0.1, 0.15) is 24.1 Å². The molecule has 94 valence electrons. The Bertz CT molecular complexity index is 436. The van der Waals surface area contributed by atoms with E-state index in [1.54, 1.807) is 0 Å². The zero-order valence-electron chi connectivity index (χ0n) is 10.8. The molecule has 2 heterocycles. The third-order valence-corrected chi connectivity index (χ3v) is 4.40. The van der Waals surface area contributed by atoms with Crippen LogP contribution in [0, 0.1) is 12.8 Å². The first-order chi connectivity index (χ1) is 8.00. The molecule has 3 nitrogen and oxygen atoms in total. The normalized spacial score (nSPS) is 21.8. The van der Waals surface area contributed by atoms with Crippen molar-refractivity contribution >= 4 is 21.5 Å². The van der Waals surface area contributed by atoms with Crippen LogP contribution >= 0.6 is 15.9 Å². The van der Waals surface area contributed by atoms with Gasteiger partial charge in [0.15, 0.2) is 0 Å². The molecule has 0 aliphatic carbocycles. The molecule has 1 atom stereocenters. The maximum Gasteiger partial charge on any atom is 0.131 e. The summed E-state index contributed by atoms with van der Waals surface area (Å²) in [6, 6.07) is 0. The fraction of sp³-hybridized carbons (Fsp3) is 0.615. The van der Waals surface area contributed by atoms with E-state index in [4.69, 9.17) is 0 Å². The molecule has 1 aliphatic heterocycles. The van der Waals surface area contributed by atoms with Crippen molar-refractivity contribution in [2.24, 2.45) is 13.0 Å². The minimum atomic E-state index is 0.565. The van der Waals surface area contributed by atoms with Crippen LogP contribution in [0.5, 0.6) is 0 Å². The highest BCUT2D eigenvalue weighted by atomic mass is 79.9. The van der Waals surface area contributed by atoms with Gasteiger partial charge in [-0.1, -0.05) is 6.58 Å².